The first-order valence-corrected chi connectivity index (χ1v) is 13.7. The van der Waals surface area contributed by atoms with Gasteiger partial charge >= 0.3 is 0 Å². The Morgan fingerprint density at radius 2 is 2.05 bits per heavy atom. The van der Waals surface area contributed by atoms with Gasteiger partial charge in [-0.3, -0.25) is 4.79 Å². The molecule has 2 fully saturated rings. The van der Waals surface area contributed by atoms with Gasteiger partial charge in [0.1, 0.15) is 5.82 Å². The Labute approximate surface area is 222 Å². The van der Waals surface area contributed by atoms with Gasteiger partial charge in [-0.2, -0.15) is 5.10 Å². The molecule has 1 aliphatic heterocycles. The first-order chi connectivity index (χ1) is 18.5. The van der Waals surface area contributed by atoms with Crippen LogP contribution in [0.2, 0.25) is 0 Å². The van der Waals surface area contributed by atoms with Gasteiger partial charge in [0.2, 0.25) is 5.91 Å². The molecule has 4 aromatic rings. The fourth-order valence-corrected chi connectivity index (χ4v) is 6.23. The summed E-state index contributed by atoms with van der Waals surface area (Å²) in [5, 5.41) is 8.11. The van der Waals surface area contributed by atoms with Crippen molar-refractivity contribution in [1.82, 2.24) is 19.6 Å². The zero-order valence-electron chi connectivity index (χ0n) is 21.8. The summed E-state index contributed by atoms with van der Waals surface area (Å²) in [6, 6.07) is 12.3. The van der Waals surface area contributed by atoms with Crippen molar-refractivity contribution in [2.45, 2.75) is 57.9 Å². The molecule has 1 aromatic carbocycles. The van der Waals surface area contributed by atoms with Crippen molar-refractivity contribution in [1.29, 1.82) is 0 Å². The van der Waals surface area contributed by atoms with Gasteiger partial charge in [0, 0.05) is 30.3 Å². The second-order valence-corrected chi connectivity index (χ2v) is 10.8. The minimum atomic E-state index is -0.454. The van der Waals surface area contributed by atoms with E-state index in [4.69, 9.17) is 10.2 Å². The first-order valence-electron chi connectivity index (χ1n) is 13.7. The van der Waals surface area contributed by atoms with E-state index in [0.29, 0.717) is 35.2 Å². The van der Waals surface area contributed by atoms with Gasteiger partial charge in [-0.1, -0.05) is 25.0 Å². The van der Waals surface area contributed by atoms with E-state index in [9.17, 15) is 4.79 Å². The van der Waals surface area contributed by atoms with E-state index >= 15 is 0 Å². The number of nitrogens with two attached hydrogens (primary N) is 1. The van der Waals surface area contributed by atoms with Crippen molar-refractivity contribution >= 4 is 23.3 Å². The molecule has 3 atom stereocenters. The van der Waals surface area contributed by atoms with E-state index < -0.39 is 5.91 Å². The van der Waals surface area contributed by atoms with Crippen LogP contribution < -0.4 is 16.0 Å². The van der Waals surface area contributed by atoms with Crippen LogP contribution in [0, 0.1) is 18.8 Å². The number of amides is 1. The molecule has 1 aliphatic carbocycles. The smallest absolute Gasteiger partial charge is 0.295 e. The number of nitrogens with zero attached hydrogens (tertiary/aromatic N) is 5. The lowest BCUT2D eigenvalue weighted by Crippen LogP contribution is -2.39. The number of oxazole rings is 1. The van der Waals surface area contributed by atoms with Crippen LogP contribution in [0.1, 0.15) is 61.1 Å². The van der Waals surface area contributed by atoms with Gasteiger partial charge in [-0.25, -0.2) is 14.5 Å². The van der Waals surface area contributed by atoms with Crippen LogP contribution in [0.5, 0.6) is 0 Å². The number of nitrogens with one attached hydrogen (secondary N) is 1. The lowest BCUT2D eigenvalue weighted by molar-refractivity contribution is 0.100. The molecule has 0 bridgehead atoms. The molecule has 3 aromatic heterocycles. The molecule has 38 heavy (non-hydrogen) atoms. The topological polar surface area (TPSA) is 115 Å². The minimum Gasteiger partial charge on any atom is -0.424 e. The maximum atomic E-state index is 11.6. The Bertz CT molecular complexity index is 1430. The third-order valence-electron chi connectivity index (χ3n) is 8.10. The third kappa shape index (κ3) is 5.23. The Kier molecular flexibility index (Phi) is 6.74. The van der Waals surface area contributed by atoms with E-state index in [-0.39, 0.29) is 0 Å². The van der Waals surface area contributed by atoms with Gasteiger partial charge in [0.25, 0.3) is 6.01 Å². The van der Waals surface area contributed by atoms with Crippen molar-refractivity contribution in [2.24, 2.45) is 17.6 Å². The van der Waals surface area contributed by atoms with Crippen LogP contribution in [-0.4, -0.2) is 44.6 Å². The lowest BCUT2D eigenvalue weighted by atomic mass is 9.77. The molecular formula is C29H35N7O2. The summed E-state index contributed by atoms with van der Waals surface area (Å²) in [5.41, 5.74) is 8.81. The number of pyridine rings is 1. The fraction of sp³-hybridized carbons (Fsp3) is 0.448. The van der Waals surface area contributed by atoms with E-state index in [1.165, 1.54) is 44.2 Å². The predicted molar refractivity (Wildman–Crippen MR) is 147 cm³/mol. The van der Waals surface area contributed by atoms with Crippen molar-refractivity contribution in [3.05, 3.63) is 60.2 Å². The fourth-order valence-electron chi connectivity index (χ4n) is 6.23. The Morgan fingerprint density at radius 1 is 1.16 bits per heavy atom. The van der Waals surface area contributed by atoms with Gasteiger partial charge in [-0.15, -0.1) is 0 Å². The summed E-state index contributed by atoms with van der Waals surface area (Å²) in [6.45, 7) is 4.08. The molecule has 4 heterocycles. The SMILES string of the molecule is Cc1nc2ccc(N3CCC[C@H](C[C@@H]4CCCC[C@H]4Nc4ncc(-c5cccc(C(N)=O)c5)o4)C3)cn2n1. The molecule has 0 unspecified atom stereocenters. The van der Waals surface area contributed by atoms with Gasteiger partial charge in [0.15, 0.2) is 11.4 Å². The highest BCUT2D eigenvalue weighted by molar-refractivity contribution is 5.93. The van der Waals surface area contributed by atoms with Crippen molar-refractivity contribution < 1.29 is 9.21 Å². The van der Waals surface area contributed by atoms with Crippen molar-refractivity contribution in [3.8, 4) is 11.3 Å². The normalized spacial score (nSPS) is 22.0. The number of carbonyl (C=O) groups excluding carboxylic acids is 1. The predicted octanol–water partition coefficient (Wildman–Crippen LogP) is 5.07. The minimum absolute atomic E-state index is 0.344. The molecule has 6 rings (SSSR count). The molecule has 2 aliphatic rings. The van der Waals surface area contributed by atoms with Gasteiger partial charge < -0.3 is 20.4 Å². The van der Waals surface area contributed by atoms with Crippen molar-refractivity contribution in [2.75, 3.05) is 23.3 Å². The maximum Gasteiger partial charge on any atom is 0.295 e. The van der Waals surface area contributed by atoms with Crippen LogP contribution in [0.3, 0.4) is 0 Å². The third-order valence-corrected chi connectivity index (χ3v) is 8.10. The van der Waals surface area contributed by atoms with E-state index in [2.05, 4.69) is 43.6 Å². The lowest BCUT2D eigenvalue weighted by Gasteiger charge is -2.39. The Balaban J connectivity index is 1.11. The molecule has 9 heteroatoms. The second-order valence-electron chi connectivity index (χ2n) is 10.8. The van der Waals surface area contributed by atoms with Crippen LogP contribution in [0.25, 0.3) is 17.0 Å². The number of hydrogen-bond acceptors (Lipinski definition) is 7. The number of aromatic nitrogens is 4. The quantitative estimate of drug-likeness (QED) is 0.355. The van der Waals surface area contributed by atoms with Gasteiger partial charge in [-0.05, 0) is 75.1 Å². The molecule has 3 N–H and O–H groups in total. The molecule has 9 nitrogen and oxygen atoms in total. The Hall–Kier alpha value is -3.88. The number of carbonyl (C=O) groups is 1. The van der Waals surface area contributed by atoms with E-state index in [1.807, 2.05) is 17.5 Å². The first kappa shape index (κ1) is 24.5. The number of benzene rings is 1. The molecule has 0 spiro atoms. The summed E-state index contributed by atoms with van der Waals surface area (Å²) in [7, 11) is 0. The zero-order chi connectivity index (χ0) is 26.1. The summed E-state index contributed by atoms with van der Waals surface area (Å²) in [6.07, 6.45) is 12.3. The van der Waals surface area contributed by atoms with E-state index in [0.717, 1.165) is 36.5 Å². The number of piperidine rings is 1. The monoisotopic (exact) mass is 513 g/mol. The standard InChI is InChI=1S/C29H35N7O2/c1-19-32-27-12-11-24(18-36(27)34-19)35-13-5-6-20(17-35)14-21-7-2-3-10-25(21)33-29-31-16-26(38-29)22-8-4-9-23(15-22)28(30)37/h4,8-9,11-12,15-16,18,20-21,25H,2-3,5-7,10,13-14,17H2,1H3,(H2,30,37)(H,31,33)/t20-,21+,25-/m1/s1. The zero-order valence-corrected chi connectivity index (χ0v) is 21.8. The number of aryl methyl sites for hydroxylation is 1. The number of rotatable bonds is 7. The highest BCUT2D eigenvalue weighted by Gasteiger charge is 2.31. The summed E-state index contributed by atoms with van der Waals surface area (Å²) in [4.78, 5) is 23.0. The van der Waals surface area contributed by atoms with Crippen molar-refractivity contribution in [3.63, 3.8) is 0 Å². The molecule has 1 saturated heterocycles. The molecule has 1 saturated carbocycles. The highest BCUT2D eigenvalue weighted by atomic mass is 16.4. The maximum absolute atomic E-state index is 11.6. The van der Waals surface area contributed by atoms with Gasteiger partial charge in [0.05, 0.1) is 18.1 Å². The number of fused-ring (bicyclic) bond motifs is 1. The molecule has 0 radical (unpaired) electrons. The van der Waals surface area contributed by atoms with Crippen LogP contribution in [-0.2, 0) is 0 Å². The number of primary amides is 1. The second kappa shape index (κ2) is 10.5. The summed E-state index contributed by atoms with van der Waals surface area (Å²) < 4.78 is 7.95. The summed E-state index contributed by atoms with van der Waals surface area (Å²) >= 11 is 0. The van der Waals surface area contributed by atoms with Crippen LogP contribution in [0.4, 0.5) is 11.7 Å². The van der Waals surface area contributed by atoms with Crippen LogP contribution >= 0.6 is 0 Å². The largest absolute Gasteiger partial charge is 0.424 e. The molecular weight excluding hydrogens is 478 g/mol. The number of hydrogen-bond donors (Lipinski definition) is 2. The summed E-state index contributed by atoms with van der Waals surface area (Å²) in [5.74, 6) is 2.21. The average molecular weight is 514 g/mol. The van der Waals surface area contributed by atoms with E-state index in [1.54, 1.807) is 24.4 Å². The number of anilines is 2. The molecule has 198 valence electrons. The molecule has 1 amide bonds. The Morgan fingerprint density at radius 3 is 2.95 bits per heavy atom. The average Bonchev–Trinajstić information content (AvgIpc) is 3.55. The van der Waals surface area contributed by atoms with Crippen LogP contribution in [0.15, 0.2) is 53.2 Å². The highest BCUT2D eigenvalue weighted by Crippen LogP contribution is 2.36.